The molecule has 1 aromatic carbocycles. The quantitative estimate of drug-likeness (QED) is 0.820. The molecule has 0 atom stereocenters. The Morgan fingerprint density at radius 1 is 1.35 bits per heavy atom. The van der Waals surface area contributed by atoms with E-state index < -0.39 is 5.97 Å². The molecule has 1 heterocycles. The van der Waals surface area contributed by atoms with Crippen molar-refractivity contribution in [2.45, 2.75) is 0 Å². The van der Waals surface area contributed by atoms with Crippen molar-refractivity contribution in [2.24, 2.45) is 0 Å². The number of benzene rings is 1. The molecule has 0 amide bonds. The van der Waals surface area contributed by atoms with Gasteiger partial charge >= 0.3 is 5.97 Å². The fraction of sp³-hybridized carbons (Fsp3) is 0.0833. The minimum absolute atomic E-state index is 0.296. The van der Waals surface area contributed by atoms with Crippen LogP contribution in [0.3, 0.4) is 0 Å². The first-order valence-corrected chi connectivity index (χ1v) is 5.71. The number of carboxylic acid groups (broad SMARTS) is 1. The van der Waals surface area contributed by atoms with Crippen LogP contribution in [0.4, 0.5) is 5.69 Å². The number of para-hydroxylation sites is 1. The molecule has 2 aromatic rings. The molecule has 0 radical (unpaired) electrons. The fourth-order valence-corrected chi connectivity index (χ4v) is 2.44. The molecule has 2 rings (SSSR count). The van der Waals surface area contributed by atoms with Crippen molar-refractivity contribution in [2.75, 3.05) is 12.8 Å². The number of aromatic carboxylic acids is 1. The summed E-state index contributed by atoms with van der Waals surface area (Å²) in [4.78, 5) is 11.9. The fourth-order valence-electron chi connectivity index (χ4n) is 1.57. The van der Waals surface area contributed by atoms with Crippen LogP contribution in [0.15, 0.2) is 30.3 Å². The summed E-state index contributed by atoms with van der Waals surface area (Å²) >= 11 is 1.20. The molecule has 0 unspecified atom stereocenters. The molecular formula is C12H11NO3S. The monoisotopic (exact) mass is 249 g/mol. The second kappa shape index (κ2) is 4.47. The number of methoxy groups -OCH3 is 1. The Morgan fingerprint density at radius 2 is 2.12 bits per heavy atom. The van der Waals surface area contributed by atoms with Gasteiger partial charge in [0.1, 0.15) is 10.6 Å². The Morgan fingerprint density at radius 3 is 2.71 bits per heavy atom. The maximum Gasteiger partial charge on any atom is 0.345 e. The van der Waals surface area contributed by atoms with Gasteiger partial charge in [-0.3, -0.25) is 0 Å². The first kappa shape index (κ1) is 11.5. The Hall–Kier alpha value is -2.01. The zero-order valence-corrected chi connectivity index (χ0v) is 9.95. The Bertz CT molecular complexity index is 563. The second-order valence-electron chi connectivity index (χ2n) is 3.40. The van der Waals surface area contributed by atoms with Gasteiger partial charge < -0.3 is 15.6 Å². The van der Waals surface area contributed by atoms with E-state index >= 15 is 0 Å². The molecule has 3 N–H and O–H groups in total. The van der Waals surface area contributed by atoms with Gasteiger partial charge in [0.15, 0.2) is 0 Å². The lowest BCUT2D eigenvalue weighted by Gasteiger charge is -2.08. The molecular weight excluding hydrogens is 238 g/mol. The molecule has 88 valence electrons. The molecule has 0 aliphatic rings. The highest BCUT2D eigenvalue weighted by atomic mass is 32.1. The number of thiophene rings is 1. The zero-order chi connectivity index (χ0) is 12.4. The van der Waals surface area contributed by atoms with E-state index in [1.165, 1.54) is 11.3 Å². The highest BCUT2D eigenvalue weighted by Crippen LogP contribution is 2.38. The van der Waals surface area contributed by atoms with Gasteiger partial charge in [-0.25, -0.2) is 4.79 Å². The average Bonchev–Trinajstić information content (AvgIpc) is 2.77. The van der Waals surface area contributed by atoms with Gasteiger partial charge in [0.25, 0.3) is 0 Å². The van der Waals surface area contributed by atoms with Crippen LogP contribution >= 0.6 is 11.3 Å². The molecule has 0 saturated carbocycles. The second-order valence-corrected chi connectivity index (χ2v) is 4.48. The minimum atomic E-state index is -0.927. The Labute approximate surface area is 102 Å². The van der Waals surface area contributed by atoms with E-state index in [1.54, 1.807) is 25.3 Å². The van der Waals surface area contributed by atoms with E-state index in [9.17, 15) is 4.79 Å². The molecule has 17 heavy (non-hydrogen) atoms. The highest BCUT2D eigenvalue weighted by molar-refractivity contribution is 7.17. The number of hydrogen-bond acceptors (Lipinski definition) is 4. The van der Waals surface area contributed by atoms with Crippen LogP contribution < -0.4 is 10.5 Å². The summed E-state index contributed by atoms with van der Waals surface area (Å²) in [6.07, 6.45) is 0. The van der Waals surface area contributed by atoms with E-state index in [-0.39, 0.29) is 0 Å². The number of nitrogen functional groups attached to an aromatic ring is 1. The third kappa shape index (κ3) is 2.09. The Balaban J connectivity index is 2.52. The van der Waals surface area contributed by atoms with Crippen LogP contribution in [-0.2, 0) is 0 Å². The zero-order valence-electron chi connectivity index (χ0n) is 9.14. The van der Waals surface area contributed by atoms with Gasteiger partial charge in [0.05, 0.1) is 12.8 Å². The van der Waals surface area contributed by atoms with Crippen LogP contribution in [0, 0.1) is 0 Å². The van der Waals surface area contributed by atoms with Gasteiger partial charge in [-0.15, -0.1) is 11.3 Å². The lowest BCUT2D eigenvalue weighted by atomic mass is 10.1. The number of nitrogens with two attached hydrogens (primary N) is 1. The first-order valence-electron chi connectivity index (χ1n) is 4.89. The number of anilines is 1. The summed E-state index contributed by atoms with van der Waals surface area (Å²) in [6.45, 7) is 0. The summed E-state index contributed by atoms with van der Waals surface area (Å²) in [7, 11) is 1.54. The highest BCUT2D eigenvalue weighted by Gasteiger charge is 2.13. The van der Waals surface area contributed by atoms with E-state index in [0.29, 0.717) is 16.3 Å². The summed E-state index contributed by atoms with van der Waals surface area (Å²) in [5, 5.41) is 8.88. The van der Waals surface area contributed by atoms with Crippen molar-refractivity contribution in [1.29, 1.82) is 0 Å². The summed E-state index contributed by atoms with van der Waals surface area (Å²) in [5.41, 5.74) is 7.15. The van der Waals surface area contributed by atoms with Crippen molar-refractivity contribution in [3.05, 3.63) is 35.2 Å². The van der Waals surface area contributed by atoms with Crippen molar-refractivity contribution in [3.63, 3.8) is 0 Å². The van der Waals surface area contributed by atoms with Crippen LogP contribution in [0.5, 0.6) is 5.75 Å². The Kier molecular flexibility index (Phi) is 3.01. The number of carboxylic acids is 1. The predicted octanol–water partition coefficient (Wildman–Crippen LogP) is 2.70. The largest absolute Gasteiger partial charge is 0.494 e. The van der Waals surface area contributed by atoms with Crippen LogP contribution in [0.1, 0.15) is 9.67 Å². The van der Waals surface area contributed by atoms with Gasteiger partial charge in [-0.1, -0.05) is 6.07 Å². The third-order valence-electron chi connectivity index (χ3n) is 2.33. The minimum Gasteiger partial charge on any atom is -0.494 e. The van der Waals surface area contributed by atoms with Gasteiger partial charge in [0, 0.05) is 10.4 Å². The van der Waals surface area contributed by atoms with E-state index in [2.05, 4.69) is 0 Å². The average molecular weight is 249 g/mol. The van der Waals surface area contributed by atoms with Gasteiger partial charge in [0.2, 0.25) is 0 Å². The van der Waals surface area contributed by atoms with Crippen LogP contribution in [-0.4, -0.2) is 18.2 Å². The number of rotatable bonds is 3. The van der Waals surface area contributed by atoms with Gasteiger partial charge in [-0.05, 0) is 24.3 Å². The molecule has 0 aliphatic carbocycles. The van der Waals surface area contributed by atoms with Crippen molar-refractivity contribution in [3.8, 4) is 16.2 Å². The molecule has 0 saturated heterocycles. The van der Waals surface area contributed by atoms with Crippen LogP contribution in [0.2, 0.25) is 0 Å². The predicted molar refractivity (Wildman–Crippen MR) is 67.7 cm³/mol. The van der Waals surface area contributed by atoms with E-state index in [1.807, 2.05) is 12.1 Å². The van der Waals surface area contributed by atoms with Gasteiger partial charge in [-0.2, -0.15) is 0 Å². The molecule has 0 bridgehead atoms. The maximum absolute atomic E-state index is 10.8. The van der Waals surface area contributed by atoms with Crippen LogP contribution in [0.25, 0.3) is 10.4 Å². The molecule has 1 aromatic heterocycles. The number of ether oxygens (including phenoxy) is 1. The first-order chi connectivity index (χ1) is 8.13. The summed E-state index contributed by atoms with van der Waals surface area (Å²) in [5.74, 6) is -0.351. The van der Waals surface area contributed by atoms with E-state index in [0.717, 1.165) is 10.4 Å². The molecule has 5 heteroatoms. The normalized spacial score (nSPS) is 10.2. The molecule has 0 aliphatic heterocycles. The lowest BCUT2D eigenvalue weighted by molar-refractivity contribution is 0.0702. The summed E-state index contributed by atoms with van der Waals surface area (Å²) in [6, 6.07) is 8.74. The smallest absolute Gasteiger partial charge is 0.345 e. The van der Waals surface area contributed by atoms with Crippen molar-refractivity contribution >= 4 is 23.0 Å². The molecule has 4 nitrogen and oxygen atoms in total. The maximum atomic E-state index is 10.8. The van der Waals surface area contributed by atoms with Crippen molar-refractivity contribution < 1.29 is 14.6 Å². The standard InChI is InChI=1S/C12H11NO3S/c1-16-11-7(3-2-4-8(11)13)9-5-6-10(17-9)12(14)15/h2-6H,13H2,1H3,(H,14,15). The SMILES string of the molecule is COc1c(N)cccc1-c1ccc(C(=O)O)s1. The lowest BCUT2D eigenvalue weighted by Crippen LogP contribution is -1.93. The third-order valence-corrected chi connectivity index (χ3v) is 3.44. The number of hydrogen-bond donors (Lipinski definition) is 2. The molecule has 0 fully saturated rings. The van der Waals surface area contributed by atoms with Crippen molar-refractivity contribution in [1.82, 2.24) is 0 Å². The van der Waals surface area contributed by atoms with E-state index in [4.69, 9.17) is 15.6 Å². The summed E-state index contributed by atoms with van der Waals surface area (Å²) < 4.78 is 5.23. The molecule has 0 spiro atoms. The topological polar surface area (TPSA) is 72.5 Å². The number of carbonyl (C=O) groups is 1.